The van der Waals surface area contributed by atoms with Crippen molar-refractivity contribution < 1.29 is 9.84 Å². The molecule has 0 aliphatic heterocycles. The first-order valence-corrected chi connectivity index (χ1v) is 8.75. The highest BCUT2D eigenvalue weighted by Gasteiger charge is 2.20. The molecule has 0 aliphatic carbocycles. The summed E-state index contributed by atoms with van der Waals surface area (Å²) < 4.78 is 5.76. The highest BCUT2D eigenvalue weighted by molar-refractivity contribution is 5.27. The molecule has 0 fully saturated rings. The molecule has 22 heavy (non-hydrogen) atoms. The van der Waals surface area contributed by atoms with E-state index in [2.05, 4.69) is 19.1 Å². The summed E-state index contributed by atoms with van der Waals surface area (Å²) in [5.41, 5.74) is 6.91. The van der Waals surface area contributed by atoms with Crippen LogP contribution in [0.4, 0.5) is 0 Å². The maximum Gasteiger partial charge on any atom is 0.119 e. The van der Waals surface area contributed by atoms with Gasteiger partial charge in [-0.3, -0.25) is 0 Å². The van der Waals surface area contributed by atoms with Gasteiger partial charge in [0, 0.05) is 5.54 Å². The fraction of sp³-hybridized carbons (Fsp3) is 0.684. The molecule has 0 spiro atoms. The first-order valence-electron chi connectivity index (χ1n) is 8.75. The molecule has 1 atom stereocenters. The lowest BCUT2D eigenvalue weighted by atomic mass is 9.90. The minimum Gasteiger partial charge on any atom is -0.494 e. The van der Waals surface area contributed by atoms with Crippen LogP contribution >= 0.6 is 0 Å². The van der Waals surface area contributed by atoms with Crippen molar-refractivity contribution >= 4 is 0 Å². The van der Waals surface area contributed by atoms with E-state index in [1.54, 1.807) is 0 Å². The molecule has 3 heteroatoms. The van der Waals surface area contributed by atoms with Crippen LogP contribution in [0.25, 0.3) is 0 Å². The number of ether oxygens (including phenoxy) is 1. The standard InChI is InChI=1S/C19H33NO2/c1-3-5-6-7-8-15-22-18-11-9-17(10-12-18)13-14-19(20,4-2)16-21/h9-12,21H,3-8,13-16,20H2,1-2H3/t19-/m1/s1. The topological polar surface area (TPSA) is 55.5 Å². The molecule has 0 heterocycles. The van der Waals surface area contributed by atoms with Crippen LogP contribution in [0.3, 0.4) is 0 Å². The first-order chi connectivity index (χ1) is 10.6. The summed E-state index contributed by atoms with van der Waals surface area (Å²) >= 11 is 0. The van der Waals surface area contributed by atoms with Gasteiger partial charge in [-0.05, 0) is 43.4 Å². The molecule has 0 saturated heterocycles. The van der Waals surface area contributed by atoms with Crippen molar-refractivity contribution in [2.24, 2.45) is 5.73 Å². The molecule has 3 nitrogen and oxygen atoms in total. The minimum atomic E-state index is -0.451. The molecule has 0 amide bonds. The Labute approximate surface area is 135 Å². The van der Waals surface area contributed by atoms with Gasteiger partial charge in [0.15, 0.2) is 0 Å². The molecule has 0 bridgehead atoms. The Morgan fingerprint density at radius 3 is 2.32 bits per heavy atom. The zero-order chi connectivity index (χ0) is 16.3. The number of benzene rings is 1. The lowest BCUT2D eigenvalue weighted by Crippen LogP contribution is -2.43. The van der Waals surface area contributed by atoms with Gasteiger partial charge >= 0.3 is 0 Å². The zero-order valence-corrected chi connectivity index (χ0v) is 14.3. The van der Waals surface area contributed by atoms with E-state index in [0.717, 1.165) is 38.0 Å². The van der Waals surface area contributed by atoms with Gasteiger partial charge in [0.25, 0.3) is 0 Å². The summed E-state index contributed by atoms with van der Waals surface area (Å²) in [5.74, 6) is 0.941. The molecule has 0 aromatic heterocycles. The largest absolute Gasteiger partial charge is 0.494 e. The predicted octanol–water partition coefficient (Wildman–Crippen LogP) is 4.07. The van der Waals surface area contributed by atoms with E-state index in [1.165, 1.54) is 31.2 Å². The Balaban J connectivity index is 2.28. The number of unbranched alkanes of at least 4 members (excludes halogenated alkanes) is 4. The van der Waals surface area contributed by atoms with Gasteiger partial charge in [0.2, 0.25) is 0 Å². The average Bonchev–Trinajstić information content (AvgIpc) is 2.57. The maximum atomic E-state index is 9.34. The lowest BCUT2D eigenvalue weighted by Gasteiger charge is -2.25. The second kappa shape index (κ2) is 10.6. The summed E-state index contributed by atoms with van der Waals surface area (Å²) in [5, 5.41) is 9.34. The smallest absolute Gasteiger partial charge is 0.119 e. The van der Waals surface area contributed by atoms with Gasteiger partial charge in [-0.1, -0.05) is 51.7 Å². The van der Waals surface area contributed by atoms with Gasteiger partial charge in [-0.2, -0.15) is 0 Å². The fourth-order valence-corrected chi connectivity index (χ4v) is 2.41. The molecule has 0 saturated carbocycles. The predicted molar refractivity (Wildman–Crippen MR) is 93.3 cm³/mol. The Hall–Kier alpha value is -1.06. The highest BCUT2D eigenvalue weighted by Crippen LogP contribution is 2.18. The van der Waals surface area contributed by atoms with Crippen LogP contribution in [-0.4, -0.2) is 23.9 Å². The van der Waals surface area contributed by atoms with Crippen molar-refractivity contribution in [1.82, 2.24) is 0 Å². The van der Waals surface area contributed by atoms with E-state index >= 15 is 0 Å². The molecular formula is C19H33NO2. The van der Waals surface area contributed by atoms with Gasteiger partial charge in [-0.25, -0.2) is 0 Å². The number of hydrogen-bond donors (Lipinski definition) is 2. The summed E-state index contributed by atoms with van der Waals surface area (Å²) in [6, 6.07) is 8.26. The minimum absolute atomic E-state index is 0.0444. The van der Waals surface area contributed by atoms with E-state index < -0.39 is 5.54 Å². The molecule has 3 N–H and O–H groups in total. The van der Waals surface area contributed by atoms with Crippen molar-refractivity contribution in [1.29, 1.82) is 0 Å². The lowest BCUT2D eigenvalue weighted by molar-refractivity contribution is 0.183. The van der Waals surface area contributed by atoms with Crippen LogP contribution in [0.5, 0.6) is 5.75 Å². The average molecular weight is 307 g/mol. The summed E-state index contributed by atoms with van der Waals surface area (Å²) in [6.07, 6.45) is 8.78. The second-order valence-electron chi connectivity index (χ2n) is 6.28. The van der Waals surface area contributed by atoms with E-state index in [0.29, 0.717) is 0 Å². The van der Waals surface area contributed by atoms with Crippen molar-refractivity contribution in [2.75, 3.05) is 13.2 Å². The first kappa shape index (κ1) is 19.0. The van der Waals surface area contributed by atoms with E-state index in [-0.39, 0.29) is 6.61 Å². The van der Waals surface area contributed by atoms with E-state index in [4.69, 9.17) is 10.5 Å². The number of aryl methyl sites for hydroxylation is 1. The van der Waals surface area contributed by atoms with Crippen molar-refractivity contribution in [3.8, 4) is 5.75 Å². The second-order valence-corrected chi connectivity index (χ2v) is 6.28. The van der Waals surface area contributed by atoms with Crippen LogP contribution in [0.15, 0.2) is 24.3 Å². The third-order valence-corrected chi connectivity index (χ3v) is 4.37. The van der Waals surface area contributed by atoms with E-state index in [9.17, 15) is 5.11 Å². The number of aliphatic hydroxyl groups is 1. The Morgan fingerprint density at radius 1 is 1.05 bits per heavy atom. The van der Waals surface area contributed by atoms with Gasteiger partial charge in [-0.15, -0.1) is 0 Å². The Kier molecular flexibility index (Phi) is 9.17. The molecular weight excluding hydrogens is 274 g/mol. The van der Waals surface area contributed by atoms with Crippen LogP contribution in [0, 0.1) is 0 Å². The summed E-state index contributed by atoms with van der Waals surface area (Å²) in [7, 11) is 0. The van der Waals surface area contributed by atoms with Crippen LogP contribution in [0.1, 0.15) is 64.4 Å². The molecule has 1 aromatic rings. The van der Waals surface area contributed by atoms with Crippen molar-refractivity contribution in [2.45, 2.75) is 70.8 Å². The Bertz CT molecular complexity index is 385. The molecule has 1 aromatic carbocycles. The van der Waals surface area contributed by atoms with E-state index in [1.807, 2.05) is 19.1 Å². The number of hydrogen-bond acceptors (Lipinski definition) is 3. The third-order valence-electron chi connectivity index (χ3n) is 4.37. The van der Waals surface area contributed by atoms with Gasteiger partial charge in [0.05, 0.1) is 13.2 Å². The molecule has 0 unspecified atom stereocenters. The normalized spacial score (nSPS) is 13.8. The molecule has 126 valence electrons. The number of rotatable bonds is 12. The zero-order valence-electron chi connectivity index (χ0n) is 14.3. The molecule has 0 aliphatic rings. The van der Waals surface area contributed by atoms with Crippen LogP contribution in [0.2, 0.25) is 0 Å². The molecule has 1 rings (SSSR count). The maximum absolute atomic E-state index is 9.34. The number of nitrogens with two attached hydrogens (primary N) is 1. The summed E-state index contributed by atoms with van der Waals surface area (Å²) in [4.78, 5) is 0. The van der Waals surface area contributed by atoms with Crippen LogP contribution < -0.4 is 10.5 Å². The highest BCUT2D eigenvalue weighted by atomic mass is 16.5. The quantitative estimate of drug-likeness (QED) is 0.572. The van der Waals surface area contributed by atoms with Crippen molar-refractivity contribution in [3.05, 3.63) is 29.8 Å². The fourth-order valence-electron chi connectivity index (χ4n) is 2.41. The molecule has 0 radical (unpaired) electrons. The van der Waals surface area contributed by atoms with Crippen molar-refractivity contribution in [3.63, 3.8) is 0 Å². The monoisotopic (exact) mass is 307 g/mol. The van der Waals surface area contributed by atoms with Gasteiger partial charge < -0.3 is 15.6 Å². The van der Waals surface area contributed by atoms with Crippen LogP contribution in [-0.2, 0) is 6.42 Å². The van der Waals surface area contributed by atoms with Gasteiger partial charge in [0.1, 0.15) is 5.75 Å². The SMILES string of the molecule is CCCCCCCOc1ccc(CC[C@](N)(CC)CO)cc1. The number of aliphatic hydroxyl groups excluding tert-OH is 1. The summed E-state index contributed by atoms with van der Waals surface area (Å²) in [6.45, 7) is 5.10. The third kappa shape index (κ3) is 7.28. The Morgan fingerprint density at radius 2 is 1.73 bits per heavy atom.